The van der Waals surface area contributed by atoms with Crippen molar-refractivity contribution in [1.29, 1.82) is 0 Å². The fourth-order valence-electron chi connectivity index (χ4n) is 1.12. The minimum Gasteiger partial charge on any atom is -0.370 e. The Hall–Kier alpha value is -2.45. The van der Waals surface area contributed by atoms with E-state index in [9.17, 15) is 14.9 Å². The van der Waals surface area contributed by atoms with Crippen molar-refractivity contribution >= 4 is 23.4 Å². The van der Waals surface area contributed by atoms with Gasteiger partial charge in [0.05, 0.1) is 4.92 Å². The highest BCUT2D eigenvalue weighted by Crippen LogP contribution is 2.20. The average Bonchev–Trinajstić information content (AvgIpc) is 2.23. The summed E-state index contributed by atoms with van der Waals surface area (Å²) in [5.41, 5.74) is 10.0. The van der Waals surface area contributed by atoms with E-state index in [0.29, 0.717) is 13.0 Å². The first kappa shape index (κ1) is 12.6. The molecule has 1 rings (SSSR count). The highest BCUT2D eigenvalue weighted by Gasteiger charge is 2.15. The Morgan fingerprint density at radius 3 is 2.88 bits per heavy atom. The smallest absolute Gasteiger partial charge is 0.329 e. The van der Waals surface area contributed by atoms with Gasteiger partial charge in [0.1, 0.15) is 6.20 Å². The Labute approximate surface area is 96.4 Å². The summed E-state index contributed by atoms with van der Waals surface area (Å²) in [5, 5.41) is 13.4. The molecule has 0 bridgehead atoms. The molecule has 0 atom stereocenters. The third-order valence-corrected chi connectivity index (χ3v) is 1.88. The highest BCUT2D eigenvalue weighted by atomic mass is 16.6. The first-order valence-corrected chi connectivity index (χ1v) is 4.80. The van der Waals surface area contributed by atoms with Crippen LogP contribution in [0.2, 0.25) is 0 Å². The molecular weight excluding hydrogens is 228 g/mol. The molecule has 9 heteroatoms. The number of nitrogens with two attached hydrogens (primary N) is 2. The summed E-state index contributed by atoms with van der Waals surface area (Å²) >= 11 is 0. The topological polar surface area (TPSA) is 150 Å². The number of carbonyl (C=O) groups is 1. The van der Waals surface area contributed by atoms with E-state index in [4.69, 9.17) is 11.5 Å². The van der Waals surface area contributed by atoms with Gasteiger partial charge in [0.15, 0.2) is 0 Å². The zero-order valence-corrected chi connectivity index (χ0v) is 8.92. The second-order valence-electron chi connectivity index (χ2n) is 3.22. The van der Waals surface area contributed by atoms with Crippen LogP contribution < -0.4 is 16.8 Å². The standard InChI is InChI=1S/C8H12N6O3/c9-6(15)2-1-3-11-7-5(14(16)17)4-12-8(10)13-7/h4H,1-3H2,(H2,9,15)(H3,10,11,12,13). The third-order valence-electron chi connectivity index (χ3n) is 1.88. The first-order valence-electron chi connectivity index (χ1n) is 4.80. The fourth-order valence-corrected chi connectivity index (χ4v) is 1.12. The van der Waals surface area contributed by atoms with E-state index in [0.717, 1.165) is 6.20 Å². The predicted molar refractivity (Wildman–Crippen MR) is 60.0 cm³/mol. The van der Waals surface area contributed by atoms with Crippen LogP contribution in [0.3, 0.4) is 0 Å². The van der Waals surface area contributed by atoms with Crippen molar-refractivity contribution in [1.82, 2.24) is 9.97 Å². The molecule has 0 unspecified atom stereocenters. The minimum absolute atomic E-state index is 0.0342. The zero-order valence-electron chi connectivity index (χ0n) is 8.92. The molecule has 5 N–H and O–H groups in total. The van der Waals surface area contributed by atoms with Crippen molar-refractivity contribution in [3.8, 4) is 0 Å². The number of nitrogens with one attached hydrogen (secondary N) is 1. The van der Waals surface area contributed by atoms with Crippen LogP contribution >= 0.6 is 0 Å². The second kappa shape index (κ2) is 5.58. The molecule has 17 heavy (non-hydrogen) atoms. The number of nitrogens with zero attached hydrogens (tertiary/aromatic N) is 3. The lowest BCUT2D eigenvalue weighted by Crippen LogP contribution is -2.14. The van der Waals surface area contributed by atoms with E-state index >= 15 is 0 Å². The van der Waals surface area contributed by atoms with Crippen LogP contribution in [-0.2, 0) is 4.79 Å². The molecule has 0 aliphatic rings. The van der Waals surface area contributed by atoms with E-state index in [1.807, 2.05) is 0 Å². The number of aromatic nitrogens is 2. The van der Waals surface area contributed by atoms with Crippen molar-refractivity contribution in [2.75, 3.05) is 17.6 Å². The molecular formula is C8H12N6O3. The van der Waals surface area contributed by atoms with Crippen molar-refractivity contribution in [3.05, 3.63) is 16.3 Å². The quantitative estimate of drug-likeness (QED) is 0.349. The molecule has 0 saturated heterocycles. The van der Waals surface area contributed by atoms with Gasteiger partial charge in [-0.15, -0.1) is 0 Å². The van der Waals surface area contributed by atoms with Gasteiger partial charge in [0, 0.05) is 13.0 Å². The van der Waals surface area contributed by atoms with E-state index in [1.165, 1.54) is 0 Å². The molecule has 1 heterocycles. The maximum atomic E-state index is 10.6. The van der Waals surface area contributed by atoms with Crippen LogP contribution in [0.5, 0.6) is 0 Å². The number of hydrogen-bond donors (Lipinski definition) is 3. The van der Waals surface area contributed by atoms with Crippen LogP contribution in [0.25, 0.3) is 0 Å². The zero-order chi connectivity index (χ0) is 12.8. The van der Waals surface area contributed by atoms with E-state index in [-0.39, 0.29) is 23.9 Å². The normalized spacial score (nSPS) is 9.88. The summed E-state index contributed by atoms with van der Waals surface area (Å²) < 4.78 is 0. The molecule has 0 saturated carbocycles. The average molecular weight is 240 g/mol. The molecule has 1 aromatic rings. The molecule has 92 valence electrons. The fraction of sp³-hybridized carbons (Fsp3) is 0.375. The SMILES string of the molecule is NC(=O)CCCNc1nc(N)ncc1[N+](=O)[O-]. The maximum absolute atomic E-state index is 10.6. The van der Waals surface area contributed by atoms with E-state index < -0.39 is 10.8 Å². The van der Waals surface area contributed by atoms with Gasteiger partial charge in [0.2, 0.25) is 17.7 Å². The monoisotopic (exact) mass is 240 g/mol. The number of hydrogen-bond acceptors (Lipinski definition) is 7. The summed E-state index contributed by atoms with van der Waals surface area (Å²) in [6.45, 7) is 0.334. The lowest BCUT2D eigenvalue weighted by Gasteiger charge is -2.05. The largest absolute Gasteiger partial charge is 0.370 e. The second-order valence-corrected chi connectivity index (χ2v) is 3.22. The number of carbonyl (C=O) groups excluding carboxylic acids is 1. The summed E-state index contributed by atoms with van der Waals surface area (Å²) in [7, 11) is 0. The number of rotatable bonds is 6. The summed E-state index contributed by atoms with van der Waals surface area (Å²) in [6, 6.07) is 0. The van der Waals surface area contributed by atoms with Crippen LogP contribution in [0.1, 0.15) is 12.8 Å². The van der Waals surface area contributed by atoms with Crippen molar-refractivity contribution in [3.63, 3.8) is 0 Å². The molecule has 0 aliphatic carbocycles. The van der Waals surface area contributed by atoms with Crippen LogP contribution in [0.4, 0.5) is 17.5 Å². The number of anilines is 2. The van der Waals surface area contributed by atoms with Gasteiger partial charge in [-0.1, -0.05) is 0 Å². The third kappa shape index (κ3) is 3.89. The maximum Gasteiger partial charge on any atom is 0.329 e. The number of nitrogen functional groups attached to an aromatic ring is 1. The molecule has 0 aromatic carbocycles. The van der Waals surface area contributed by atoms with Gasteiger partial charge < -0.3 is 16.8 Å². The highest BCUT2D eigenvalue weighted by molar-refractivity contribution is 5.73. The Bertz CT molecular complexity index is 435. The summed E-state index contributed by atoms with van der Waals surface area (Å²) in [5.74, 6) is -0.455. The Morgan fingerprint density at radius 1 is 1.59 bits per heavy atom. The molecule has 0 fully saturated rings. The van der Waals surface area contributed by atoms with Gasteiger partial charge in [-0.3, -0.25) is 14.9 Å². The van der Waals surface area contributed by atoms with Crippen LogP contribution in [0.15, 0.2) is 6.20 Å². The number of amides is 1. The number of nitro groups is 1. The predicted octanol–water partition coefficient (Wildman–Crippen LogP) is -0.356. The molecule has 9 nitrogen and oxygen atoms in total. The van der Waals surface area contributed by atoms with Crippen molar-refractivity contribution < 1.29 is 9.72 Å². The molecule has 0 radical (unpaired) electrons. The van der Waals surface area contributed by atoms with Crippen LogP contribution in [0, 0.1) is 10.1 Å². The van der Waals surface area contributed by atoms with Crippen molar-refractivity contribution in [2.24, 2.45) is 5.73 Å². The Morgan fingerprint density at radius 2 is 2.29 bits per heavy atom. The number of primary amides is 1. The van der Waals surface area contributed by atoms with Gasteiger partial charge in [-0.05, 0) is 6.42 Å². The van der Waals surface area contributed by atoms with E-state index in [1.54, 1.807) is 0 Å². The van der Waals surface area contributed by atoms with E-state index in [2.05, 4.69) is 15.3 Å². The Balaban J connectivity index is 2.65. The van der Waals surface area contributed by atoms with Gasteiger partial charge in [-0.2, -0.15) is 4.98 Å². The minimum atomic E-state index is -0.615. The molecule has 0 aliphatic heterocycles. The van der Waals surface area contributed by atoms with Crippen molar-refractivity contribution in [2.45, 2.75) is 12.8 Å². The van der Waals surface area contributed by atoms with Crippen LogP contribution in [-0.4, -0.2) is 27.3 Å². The van der Waals surface area contributed by atoms with Gasteiger partial charge in [0.25, 0.3) is 0 Å². The molecule has 0 spiro atoms. The van der Waals surface area contributed by atoms with Gasteiger partial charge in [-0.25, -0.2) is 4.98 Å². The summed E-state index contributed by atoms with van der Waals surface area (Å²) in [4.78, 5) is 27.7. The Kier molecular flexibility index (Phi) is 4.14. The first-order chi connectivity index (χ1) is 8.00. The molecule has 1 aromatic heterocycles. The van der Waals surface area contributed by atoms with Gasteiger partial charge >= 0.3 is 5.69 Å². The lowest BCUT2D eigenvalue weighted by atomic mass is 10.3. The molecule has 1 amide bonds. The summed E-state index contributed by atoms with van der Waals surface area (Å²) in [6.07, 6.45) is 1.68. The lowest BCUT2D eigenvalue weighted by molar-refractivity contribution is -0.384.